The van der Waals surface area contributed by atoms with Crippen LogP contribution in [0.15, 0.2) is 16.6 Å². The van der Waals surface area contributed by atoms with E-state index in [1.165, 1.54) is 7.11 Å². The smallest absolute Gasteiger partial charge is 0.177 e. The molecule has 1 aromatic rings. The van der Waals surface area contributed by atoms with Crippen molar-refractivity contribution in [3.05, 3.63) is 22.2 Å². The zero-order valence-corrected chi connectivity index (χ0v) is 9.71. The maximum Gasteiger partial charge on any atom is 0.177 e. The Morgan fingerprint density at radius 2 is 2.33 bits per heavy atom. The summed E-state index contributed by atoms with van der Waals surface area (Å²) < 4.78 is 10.9. The van der Waals surface area contributed by atoms with Crippen LogP contribution in [0.25, 0.3) is 0 Å². The van der Waals surface area contributed by atoms with Gasteiger partial charge in [-0.2, -0.15) is 0 Å². The highest BCUT2D eigenvalue weighted by molar-refractivity contribution is 9.10. The minimum Gasteiger partial charge on any atom is -0.493 e. The number of methoxy groups -OCH3 is 1. The fourth-order valence-corrected chi connectivity index (χ4v) is 1.59. The first-order chi connectivity index (χ1) is 7.24. The van der Waals surface area contributed by atoms with Crippen LogP contribution >= 0.6 is 15.9 Å². The third kappa shape index (κ3) is 2.51. The molecule has 0 bridgehead atoms. The highest BCUT2D eigenvalue weighted by Gasteiger charge is 2.12. The average Bonchev–Trinajstić information content (AvgIpc) is 2.27. The number of carbonyl (C=O) groups excluding carboxylic acids is 1. The molecule has 0 spiro atoms. The van der Waals surface area contributed by atoms with Crippen molar-refractivity contribution in [3.63, 3.8) is 0 Å². The normalized spacial score (nSPS) is 9.13. The second-order valence-electron chi connectivity index (χ2n) is 2.61. The number of halogens is 1. The fraction of sp³-hybridized carbons (Fsp3) is 0.182. The Morgan fingerprint density at radius 1 is 1.60 bits per heavy atom. The number of carbonyl (C=O) groups is 1. The zero-order valence-electron chi connectivity index (χ0n) is 8.12. The summed E-state index contributed by atoms with van der Waals surface area (Å²) in [5, 5.41) is 0. The van der Waals surface area contributed by atoms with Crippen LogP contribution in [-0.4, -0.2) is 20.0 Å². The molecule has 3 nitrogen and oxygen atoms in total. The number of hydrogen-bond donors (Lipinski definition) is 0. The summed E-state index contributed by atoms with van der Waals surface area (Å²) in [6.07, 6.45) is 5.82. The van der Waals surface area contributed by atoms with Gasteiger partial charge < -0.3 is 9.47 Å². The van der Waals surface area contributed by atoms with Crippen molar-refractivity contribution in [2.24, 2.45) is 0 Å². The molecule has 4 heteroatoms. The number of rotatable bonds is 4. The van der Waals surface area contributed by atoms with Gasteiger partial charge in [-0.1, -0.05) is 5.92 Å². The molecule has 0 aliphatic heterocycles. The standard InChI is InChI=1S/C11H9BrO3/c1-3-6-15-11-9(14-2)5-4-8(7-13)10(11)12/h1,4-5,7H,6H2,2H3. The van der Waals surface area contributed by atoms with Crippen LogP contribution in [-0.2, 0) is 0 Å². The molecule has 0 heterocycles. The van der Waals surface area contributed by atoms with E-state index in [2.05, 4.69) is 21.9 Å². The molecule has 0 unspecified atom stereocenters. The SMILES string of the molecule is C#CCOc1c(OC)ccc(C=O)c1Br. The largest absolute Gasteiger partial charge is 0.493 e. The summed E-state index contributed by atoms with van der Waals surface area (Å²) in [7, 11) is 1.52. The van der Waals surface area contributed by atoms with Gasteiger partial charge in [0.15, 0.2) is 17.8 Å². The third-order valence-electron chi connectivity index (χ3n) is 1.74. The van der Waals surface area contributed by atoms with E-state index in [1.807, 2.05) is 0 Å². The van der Waals surface area contributed by atoms with E-state index < -0.39 is 0 Å². The van der Waals surface area contributed by atoms with E-state index in [4.69, 9.17) is 15.9 Å². The van der Waals surface area contributed by atoms with E-state index in [0.717, 1.165) is 6.29 Å². The molecule has 0 saturated heterocycles. The van der Waals surface area contributed by atoms with E-state index in [9.17, 15) is 4.79 Å². The van der Waals surface area contributed by atoms with Crippen molar-refractivity contribution in [2.75, 3.05) is 13.7 Å². The highest BCUT2D eigenvalue weighted by Crippen LogP contribution is 2.37. The molecule has 0 fully saturated rings. The van der Waals surface area contributed by atoms with E-state index >= 15 is 0 Å². The summed E-state index contributed by atoms with van der Waals surface area (Å²) in [4.78, 5) is 10.7. The Balaban J connectivity index is 3.17. The van der Waals surface area contributed by atoms with Gasteiger partial charge in [-0.05, 0) is 28.1 Å². The molecule has 15 heavy (non-hydrogen) atoms. The van der Waals surface area contributed by atoms with Crippen LogP contribution in [0, 0.1) is 12.3 Å². The van der Waals surface area contributed by atoms with Crippen molar-refractivity contribution < 1.29 is 14.3 Å². The number of hydrogen-bond acceptors (Lipinski definition) is 3. The van der Waals surface area contributed by atoms with Crippen LogP contribution in [0.4, 0.5) is 0 Å². The van der Waals surface area contributed by atoms with Crippen molar-refractivity contribution in [2.45, 2.75) is 0 Å². The molecular formula is C11H9BrO3. The van der Waals surface area contributed by atoms with Gasteiger partial charge in [-0.15, -0.1) is 6.42 Å². The average molecular weight is 269 g/mol. The number of terminal acetylenes is 1. The topological polar surface area (TPSA) is 35.5 Å². The summed E-state index contributed by atoms with van der Waals surface area (Å²) in [6, 6.07) is 3.29. The lowest BCUT2D eigenvalue weighted by Gasteiger charge is -2.11. The van der Waals surface area contributed by atoms with Gasteiger partial charge in [0.2, 0.25) is 0 Å². The zero-order chi connectivity index (χ0) is 11.3. The van der Waals surface area contributed by atoms with Crippen LogP contribution in [0.5, 0.6) is 11.5 Å². The molecule has 0 atom stereocenters. The molecular weight excluding hydrogens is 260 g/mol. The summed E-state index contributed by atoms with van der Waals surface area (Å²) in [5.41, 5.74) is 0.489. The van der Waals surface area contributed by atoms with Crippen LogP contribution in [0.1, 0.15) is 10.4 Å². The van der Waals surface area contributed by atoms with Gasteiger partial charge in [-0.3, -0.25) is 4.79 Å². The predicted octanol–water partition coefficient (Wildman–Crippen LogP) is 2.28. The lowest BCUT2D eigenvalue weighted by Crippen LogP contribution is -1.99. The molecule has 0 amide bonds. The summed E-state index contributed by atoms with van der Waals surface area (Å²) in [5.74, 6) is 3.32. The second-order valence-corrected chi connectivity index (χ2v) is 3.40. The lowest BCUT2D eigenvalue weighted by atomic mass is 10.2. The monoisotopic (exact) mass is 268 g/mol. The van der Waals surface area contributed by atoms with Crippen LogP contribution < -0.4 is 9.47 Å². The maximum atomic E-state index is 10.7. The number of ether oxygens (including phenoxy) is 2. The van der Waals surface area contributed by atoms with Gasteiger partial charge >= 0.3 is 0 Å². The van der Waals surface area contributed by atoms with Gasteiger partial charge in [-0.25, -0.2) is 0 Å². The van der Waals surface area contributed by atoms with E-state index in [1.54, 1.807) is 12.1 Å². The minimum atomic E-state index is 0.122. The molecule has 78 valence electrons. The minimum absolute atomic E-state index is 0.122. The summed E-state index contributed by atoms with van der Waals surface area (Å²) >= 11 is 3.26. The summed E-state index contributed by atoms with van der Waals surface area (Å²) in [6.45, 7) is 0.122. The maximum absolute atomic E-state index is 10.7. The third-order valence-corrected chi connectivity index (χ3v) is 2.56. The Morgan fingerprint density at radius 3 is 2.87 bits per heavy atom. The number of aldehydes is 1. The van der Waals surface area contributed by atoms with Gasteiger partial charge in [0.1, 0.15) is 6.61 Å². The molecule has 0 aliphatic rings. The lowest BCUT2D eigenvalue weighted by molar-refractivity contribution is 0.112. The quantitative estimate of drug-likeness (QED) is 0.621. The van der Waals surface area contributed by atoms with Crippen LogP contribution in [0.2, 0.25) is 0 Å². The van der Waals surface area contributed by atoms with Gasteiger partial charge in [0.25, 0.3) is 0 Å². The van der Waals surface area contributed by atoms with Gasteiger partial charge in [0, 0.05) is 5.56 Å². The van der Waals surface area contributed by atoms with Crippen molar-refractivity contribution >= 4 is 22.2 Å². The number of benzene rings is 1. The van der Waals surface area contributed by atoms with E-state index in [-0.39, 0.29) is 6.61 Å². The fourth-order valence-electron chi connectivity index (χ4n) is 1.05. The molecule has 0 aromatic heterocycles. The van der Waals surface area contributed by atoms with Crippen LogP contribution in [0.3, 0.4) is 0 Å². The Labute approximate surface area is 96.5 Å². The molecule has 0 radical (unpaired) electrons. The van der Waals surface area contributed by atoms with Crippen molar-refractivity contribution in [1.82, 2.24) is 0 Å². The second kappa shape index (κ2) is 5.42. The Kier molecular flexibility index (Phi) is 4.19. The van der Waals surface area contributed by atoms with E-state index in [0.29, 0.717) is 21.5 Å². The van der Waals surface area contributed by atoms with Gasteiger partial charge in [0.05, 0.1) is 11.6 Å². The Bertz CT molecular complexity index is 407. The molecule has 1 rings (SSSR count). The Hall–Kier alpha value is -1.47. The molecule has 0 N–H and O–H groups in total. The molecule has 1 aromatic carbocycles. The predicted molar refractivity (Wildman–Crippen MR) is 60.4 cm³/mol. The molecule has 0 saturated carbocycles. The first-order valence-corrected chi connectivity index (χ1v) is 4.91. The van der Waals surface area contributed by atoms with Crippen molar-refractivity contribution in [3.8, 4) is 23.8 Å². The first kappa shape index (κ1) is 11.6. The first-order valence-electron chi connectivity index (χ1n) is 4.12. The van der Waals surface area contributed by atoms with Crippen molar-refractivity contribution in [1.29, 1.82) is 0 Å². The highest BCUT2D eigenvalue weighted by atomic mass is 79.9. The molecule has 0 aliphatic carbocycles.